The minimum Gasteiger partial charge on any atom is -0.336 e. The number of rotatable bonds is 3. The van der Waals surface area contributed by atoms with Gasteiger partial charge in [-0.05, 0) is 62.2 Å². The van der Waals surface area contributed by atoms with Crippen LogP contribution in [0.15, 0.2) is 42.5 Å². The Morgan fingerprint density at radius 3 is 2.48 bits per heavy atom. The maximum atomic E-state index is 14.2. The molecule has 2 aromatic carbocycles. The fourth-order valence-electron chi connectivity index (χ4n) is 4.12. The van der Waals surface area contributed by atoms with E-state index in [2.05, 4.69) is 4.90 Å². The average Bonchev–Trinajstić information content (AvgIpc) is 3.15. The molecule has 0 aliphatic carbocycles. The van der Waals surface area contributed by atoms with Gasteiger partial charge in [0.2, 0.25) is 0 Å². The summed E-state index contributed by atoms with van der Waals surface area (Å²) in [5, 5.41) is 0. The third-order valence-electron chi connectivity index (χ3n) is 5.69. The van der Waals surface area contributed by atoms with E-state index in [-0.39, 0.29) is 17.5 Å². The predicted molar refractivity (Wildman–Crippen MR) is 102 cm³/mol. The molecule has 27 heavy (non-hydrogen) atoms. The molecule has 0 saturated carbocycles. The molecule has 2 aromatic rings. The second-order valence-corrected chi connectivity index (χ2v) is 7.41. The largest absolute Gasteiger partial charge is 0.336 e. The van der Waals surface area contributed by atoms with Gasteiger partial charge in [0.05, 0.1) is 0 Å². The number of halogens is 1. The molecule has 0 radical (unpaired) electrons. The lowest BCUT2D eigenvalue weighted by atomic mass is 9.99. The number of Topliss-reactive ketones (excluding diaryl/α,β-unsaturated/α-hetero) is 1. The second-order valence-electron chi connectivity index (χ2n) is 7.41. The fourth-order valence-corrected chi connectivity index (χ4v) is 4.12. The first-order valence-electron chi connectivity index (χ1n) is 9.47. The van der Waals surface area contributed by atoms with Crippen molar-refractivity contribution in [3.8, 4) is 11.1 Å². The van der Waals surface area contributed by atoms with Gasteiger partial charge in [-0.2, -0.15) is 0 Å². The lowest BCUT2D eigenvalue weighted by molar-refractivity contribution is 0.0571. The summed E-state index contributed by atoms with van der Waals surface area (Å²) in [5.74, 6) is -0.448. The van der Waals surface area contributed by atoms with Crippen LogP contribution in [0.25, 0.3) is 11.1 Å². The van der Waals surface area contributed by atoms with E-state index in [0.717, 1.165) is 32.6 Å². The Morgan fingerprint density at radius 2 is 1.74 bits per heavy atom. The van der Waals surface area contributed by atoms with Gasteiger partial charge >= 0.3 is 0 Å². The second kappa shape index (κ2) is 7.24. The quantitative estimate of drug-likeness (QED) is 0.779. The number of benzene rings is 2. The molecule has 2 heterocycles. The van der Waals surface area contributed by atoms with Crippen LogP contribution in [0.4, 0.5) is 4.39 Å². The van der Waals surface area contributed by atoms with Crippen LogP contribution in [0, 0.1) is 5.82 Å². The van der Waals surface area contributed by atoms with Gasteiger partial charge in [0.1, 0.15) is 5.82 Å². The van der Waals surface area contributed by atoms with Gasteiger partial charge in [0.25, 0.3) is 5.91 Å². The van der Waals surface area contributed by atoms with Crippen LogP contribution >= 0.6 is 0 Å². The minimum absolute atomic E-state index is 0.0334. The van der Waals surface area contributed by atoms with Crippen LogP contribution < -0.4 is 0 Å². The van der Waals surface area contributed by atoms with Crippen molar-refractivity contribution in [2.45, 2.75) is 25.8 Å². The molecule has 1 atom stereocenters. The smallest absolute Gasteiger partial charge is 0.253 e. The summed E-state index contributed by atoms with van der Waals surface area (Å²) in [4.78, 5) is 28.8. The van der Waals surface area contributed by atoms with Crippen molar-refractivity contribution in [1.82, 2.24) is 9.80 Å². The van der Waals surface area contributed by atoms with E-state index in [1.807, 2.05) is 4.90 Å². The van der Waals surface area contributed by atoms with Gasteiger partial charge in [0, 0.05) is 42.4 Å². The first-order valence-corrected chi connectivity index (χ1v) is 9.47. The number of carbonyl (C=O) groups excluding carboxylic acids is 2. The Hall–Kier alpha value is -2.53. The molecular formula is C22H23FN2O2. The molecule has 1 amide bonds. The standard InChI is InChI=1S/C22H23FN2O2/c1-15(26)18-8-9-21(23)20(13-18)16-4-6-17(7-5-16)22(27)25-12-11-24-10-2-3-19(24)14-25/h4-9,13,19H,2-3,10-12,14H2,1H3/t19-/m1/s1. The van der Waals surface area contributed by atoms with Crippen LogP contribution in [-0.4, -0.2) is 53.7 Å². The van der Waals surface area contributed by atoms with Crippen LogP contribution in [0.5, 0.6) is 0 Å². The first kappa shape index (κ1) is 17.9. The normalized spacial score (nSPS) is 19.8. The summed E-state index contributed by atoms with van der Waals surface area (Å²) in [5.41, 5.74) is 2.13. The lowest BCUT2D eigenvalue weighted by Crippen LogP contribution is -2.52. The number of piperazine rings is 1. The fraction of sp³-hybridized carbons (Fsp3) is 0.364. The lowest BCUT2D eigenvalue weighted by Gasteiger charge is -2.37. The summed E-state index contributed by atoms with van der Waals surface area (Å²) in [6.45, 7) is 5.09. The molecule has 0 unspecified atom stereocenters. The highest BCUT2D eigenvalue weighted by molar-refractivity contribution is 5.96. The third-order valence-corrected chi connectivity index (χ3v) is 5.69. The number of carbonyl (C=O) groups is 2. The number of amides is 1. The van der Waals surface area contributed by atoms with E-state index in [9.17, 15) is 14.0 Å². The van der Waals surface area contributed by atoms with E-state index in [1.165, 1.54) is 25.5 Å². The van der Waals surface area contributed by atoms with Crippen molar-refractivity contribution >= 4 is 11.7 Å². The molecule has 4 rings (SSSR count). The zero-order valence-corrected chi connectivity index (χ0v) is 15.5. The van der Waals surface area contributed by atoms with Crippen molar-refractivity contribution in [2.75, 3.05) is 26.2 Å². The van der Waals surface area contributed by atoms with Crippen molar-refractivity contribution in [3.63, 3.8) is 0 Å². The monoisotopic (exact) mass is 366 g/mol. The van der Waals surface area contributed by atoms with Crippen molar-refractivity contribution in [1.29, 1.82) is 0 Å². The summed E-state index contributed by atoms with van der Waals surface area (Å²) >= 11 is 0. The average molecular weight is 366 g/mol. The van der Waals surface area contributed by atoms with Crippen LogP contribution in [0.3, 0.4) is 0 Å². The van der Waals surface area contributed by atoms with Crippen molar-refractivity contribution in [2.24, 2.45) is 0 Å². The van der Waals surface area contributed by atoms with Gasteiger partial charge in [-0.1, -0.05) is 12.1 Å². The highest BCUT2D eigenvalue weighted by atomic mass is 19.1. The van der Waals surface area contributed by atoms with Crippen LogP contribution in [-0.2, 0) is 0 Å². The Labute approximate surface area is 158 Å². The molecule has 0 aromatic heterocycles. The molecular weight excluding hydrogens is 343 g/mol. The van der Waals surface area contributed by atoms with Crippen LogP contribution in [0.1, 0.15) is 40.5 Å². The minimum atomic E-state index is -0.378. The van der Waals surface area contributed by atoms with E-state index >= 15 is 0 Å². The molecule has 2 saturated heterocycles. The van der Waals surface area contributed by atoms with Crippen molar-refractivity contribution < 1.29 is 14.0 Å². The molecule has 2 aliphatic rings. The predicted octanol–water partition coefficient (Wildman–Crippen LogP) is 3.62. The first-order chi connectivity index (χ1) is 13.0. The van der Waals surface area contributed by atoms with Gasteiger partial charge < -0.3 is 4.90 Å². The highest BCUT2D eigenvalue weighted by Gasteiger charge is 2.32. The van der Waals surface area contributed by atoms with E-state index < -0.39 is 0 Å². The Kier molecular flexibility index (Phi) is 4.79. The molecule has 0 N–H and O–H groups in total. The maximum Gasteiger partial charge on any atom is 0.253 e. The van der Waals surface area contributed by atoms with Gasteiger partial charge in [-0.3, -0.25) is 14.5 Å². The van der Waals surface area contributed by atoms with Crippen LogP contribution in [0.2, 0.25) is 0 Å². The molecule has 140 valence electrons. The van der Waals surface area contributed by atoms with Gasteiger partial charge in [-0.15, -0.1) is 0 Å². The van der Waals surface area contributed by atoms with E-state index in [1.54, 1.807) is 30.3 Å². The summed E-state index contributed by atoms with van der Waals surface area (Å²) in [7, 11) is 0. The third kappa shape index (κ3) is 3.52. The number of ketones is 1. The molecule has 0 bridgehead atoms. The molecule has 4 nitrogen and oxygen atoms in total. The summed E-state index contributed by atoms with van der Waals surface area (Å²) in [6, 6.07) is 11.9. The highest BCUT2D eigenvalue weighted by Crippen LogP contribution is 2.26. The zero-order chi connectivity index (χ0) is 19.0. The Bertz CT molecular complexity index is 878. The number of fused-ring (bicyclic) bond motifs is 1. The SMILES string of the molecule is CC(=O)c1ccc(F)c(-c2ccc(C(=O)N3CCN4CCC[C@@H]4C3)cc2)c1. The zero-order valence-electron chi connectivity index (χ0n) is 15.5. The Morgan fingerprint density at radius 1 is 1.00 bits per heavy atom. The molecule has 2 aliphatic heterocycles. The van der Waals surface area contributed by atoms with Gasteiger partial charge in [-0.25, -0.2) is 4.39 Å². The van der Waals surface area contributed by atoms with E-state index in [0.29, 0.717) is 28.3 Å². The summed E-state index contributed by atoms with van der Waals surface area (Å²) < 4.78 is 14.2. The Balaban J connectivity index is 1.53. The number of hydrogen-bond donors (Lipinski definition) is 0. The summed E-state index contributed by atoms with van der Waals surface area (Å²) in [6.07, 6.45) is 2.38. The maximum absolute atomic E-state index is 14.2. The number of hydrogen-bond acceptors (Lipinski definition) is 3. The van der Waals surface area contributed by atoms with E-state index in [4.69, 9.17) is 0 Å². The van der Waals surface area contributed by atoms with Crippen molar-refractivity contribution in [3.05, 3.63) is 59.4 Å². The molecule has 2 fully saturated rings. The molecule has 0 spiro atoms. The van der Waals surface area contributed by atoms with Gasteiger partial charge in [0.15, 0.2) is 5.78 Å². The topological polar surface area (TPSA) is 40.6 Å². The number of nitrogens with zero attached hydrogens (tertiary/aromatic N) is 2. The molecule has 5 heteroatoms.